The summed E-state index contributed by atoms with van der Waals surface area (Å²) in [6.07, 6.45) is 9.08. The first-order valence-corrected chi connectivity index (χ1v) is 6.36. The molecule has 4 rings (SSSR count). The highest BCUT2D eigenvalue weighted by Gasteiger charge is 2.75. The molecular formula is C14H20. The van der Waals surface area contributed by atoms with Crippen LogP contribution in [0, 0.1) is 22.7 Å². The Hall–Kier alpha value is -0.260. The number of allylic oxidation sites excluding steroid dienone is 2. The molecule has 0 heteroatoms. The third-order valence-corrected chi connectivity index (χ3v) is 6.30. The second-order valence-corrected chi connectivity index (χ2v) is 6.61. The van der Waals surface area contributed by atoms with Crippen molar-refractivity contribution in [2.75, 3.05) is 0 Å². The normalized spacial score (nSPS) is 58.7. The minimum atomic E-state index is 0.735. The summed E-state index contributed by atoms with van der Waals surface area (Å²) in [7, 11) is 0. The van der Waals surface area contributed by atoms with Crippen LogP contribution in [-0.2, 0) is 0 Å². The lowest BCUT2D eigenvalue weighted by molar-refractivity contribution is 0.181. The van der Waals surface area contributed by atoms with Gasteiger partial charge in [-0.3, -0.25) is 0 Å². The van der Waals surface area contributed by atoms with Gasteiger partial charge in [-0.05, 0) is 68.1 Å². The van der Waals surface area contributed by atoms with Gasteiger partial charge in [0.05, 0.1) is 0 Å². The summed E-state index contributed by atoms with van der Waals surface area (Å²) in [5, 5.41) is 0. The molecule has 0 bridgehead atoms. The van der Waals surface area contributed by atoms with Crippen molar-refractivity contribution in [3.05, 3.63) is 11.1 Å². The Bertz CT molecular complexity index is 351. The van der Waals surface area contributed by atoms with Crippen molar-refractivity contribution in [3.8, 4) is 0 Å². The van der Waals surface area contributed by atoms with Crippen molar-refractivity contribution in [1.29, 1.82) is 0 Å². The Morgan fingerprint density at radius 2 is 2.14 bits per heavy atom. The van der Waals surface area contributed by atoms with Crippen LogP contribution in [0.15, 0.2) is 11.1 Å². The molecule has 76 valence electrons. The average Bonchev–Trinajstić information content (AvgIpc) is 2.58. The van der Waals surface area contributed by atoms with Crippen molar-refractivity contribution < 1.29 is 0 Å². The number of hydrogen-bond donors (Lipinski definition) is 0. The quantitative estimate of drug-likeness (QED) is 0.505. The Kier molecular flexibility index (Phi) is 1.13. The molecule has 0 aromatic rings. The largest absolute Gasteiger partial charge is 0.0738 e. The molecule has 4 unspecified atom stereocenters. The van der Waals surface area contributed by atoms with Crippen LogP contribution in [0.2, 0.25) is 0 Å². The fraction of sp³-hybridized carbons (Fsp3) is 0.857. The predicted molar refractivity (Wildman–Crippen MR) is 57.9 cm³/mol. The van der Waals surface area contributed by atoms with E-state index in [1.54, 1.807) is 18.4 Å². The fourth-order valence-electron chi connectivity index (χ4n) is 5.53. The maximum Gasteiger partial charge on any atom is -0.0133 e. The molecule has 3 saturated carbocycles. The summed E-state index contributed by atoms with van der Waals surface area (Å²) in [6, 6.07) is 0. The molecule has 3 fully saturated rings. The van der Waals surface area contributed by atoms with E-state index in [1.807, 2.05) is 5.57 Å². The van der Waals surface area contributed by atoms with Crippen molar-refractivity contribution in [1.82, 2.24) is 0 Å². The first-order valence-electron chi connectivity index (χ1n) is 6.36. The summed E-state index contributed by atoms with van der Waals surface area (Å²) < 4.78 is 0. The van der Waals surface area contributed by atoms with Crippen LogP contribution in [-0.4, -0.2) is 0 Å². The van der Waals surface area contributed by atoms with E-state index in [0.29, 0.717) is 0 Å². The molecule has 0 aromatic carbocycles. The first-order chi connectivity index (χ1) is 6.67. The molecule has 14 heavy (non-hydrogen) atoms. The van der Waals surface area contributed by atoms with Crippen LogP contribution >= 0.6 is 0 Å². The van der Waals surface area contributed by atoms with Crippen LogP contribution in [0.1, 0.15) is 52.4 Å². The lowest BCUT2D eigenvalue weighted by Gasteiger charge is -2.30. The molecule has 4 aliphatic carbocycles. The van der Waals surface area contributed by atoms with E-state index in [4.69, 9.17) is 0 Å². The van der Waals surface area contributed by atoms with Gasteiger partial charge in [0.1, 0.15) is 0 Å². The zero-order valence-corrected chi connectivity index (χ0v) is 9.40. The van der Waals surface area contributed by atoms with Gasteiger partial charge in [0.25, 0.3) is 0 Å². The molecule has 4 atom stereocenters. The minimum Gasteiger partial charge on any atom is -0.0738 e. The molecule has 1 spiro atoms. The Morgan fingerprint density at radius 1 is 1.29 bits per heavy atom. The Labute approximate surface area is 86.8 Å². The van der Waals surface area contributed by atoms with E-state index in [9.17, 15) is 0 Å². The lowest BCUT2D eigenvalue weighted by Crippen LogP contribution is -2.24. The van der Waals surface area contributed by atoms with Gasteiger partial charge in [0.2, 0.25) is 0 Å². The highest BCUT2D eigenvalue weighted by atomic mass is 14.8. The standard InChI is InChI=1S/C14H20/c1-9-3-4-12-11(9)8-13(2)6-5-10-7-14(10,12)13/h10,12H,3-8H2,1-2H3. The molecule has 0 heterocycles. The summed E-state index contributed by atoms with van der Waals surface area (Å²) in [4.78, 5) is 0. The van der Waals surface area contributed by atoms with Gasteiger partial charge in [0.15, 0.2) is 0 Å². The highest BCUT2D eigenvalue weighted by Crippen LogP contribution is 2.83. The van der Waals surface area contributed by atoms with Crippen LogP contribution in [0.5, 0.6) is 0 Å². The monoisotopic (exact) mass is 188 g/mol. The smallest absolute Gasteiger partial charge is 0.0133 e. The molecular weight excluding hydrogens is 168 g/mol. The van der Waals surface area contributed by atoms with Crippen LogP contribution in [0.4, 0.5) is 0 Å². The number of hydrogen-bond acceptors (Lipinski definition) is 0. The van der Waals surface area contributed by atoms with Crippen LogP contribution < -0.4 is 0 Å². The maximum atomic E-state index is 2.60. The predicted octanol–water partition coefficient (Wildman–Crippen LogP) is 3.92. The zero-order valence-electron chi connectivity index (χ0n) is 9.40. The second-order valence-electron chi connectivity index (χ2n) is 6.61. The van der Waals surface area contributed by atoms with Gasteiger partial charge >= 0.3 is 0 Å². The van der Waals surface area contributed by atoms with Gasteiger partial charge in [-0.25, -0.2) is 0 Å². The third kappa shape index (κ3) is 0.594. The molecule has 0 aromatic heterocycles. The minimum absolute atomic E-state index is 0.735. The summed E-state index contributed by atoms with van der Waals surface area (Å²) in [5.41, 5.74) is 5.25. The van der Waals surface area contributed by atoms with E-state index < -0.39 is 0 Å². The molecule has 0 radical (unpaired) electrons. The average molecular weight is 188 g/mol. The summed E-state index contributed by atoms with van der Waals surface area (Å²) in [5.74, 6) is 2.18. The summed E-state index contributed by atoms with van der Waals surface area (Å²) in [6.45, 7) is 4.99. The zero-order chi connectivity index (χ0) is 9.55. The van der Waals surface area contributed by atoms with Crippen molar-refractivity contribution in [2.24, 2.45) is 22.7 Å². The number of fused-ring (bicyclic) bond motifs is 1. The van der Waals surface area contributed by atoms with Crippen molar-refractivity contribution in [3.63, 3.8) is 0 Å². The lowest BCUT2D eigenvalue weighted by atomic mass is 9.74. The molecule has 0 N–H and O–H groups in total. The van der Waals surface area contributed by atoms with Gasteiger partial charge < -0.3 is 0 Å². The van der Waals surface area contributed by atoms with Crippen molar-refractivity contribution >= 4 is 0 Å². The first kappa shape index (κ1) is 7.96. The van der Waals surface area contributed by atoms with Gasteiger partial charge in [-0.15, -0.1) is 0 Å². The molecule has 0 aliphatic heterocycles. The highest BCUT2D eigenvalue weighted by molar-refractivity contribution is 5.39. The Balaban J connectivity index is 1.89. The van der Waals surface area contributed by atoms with E-state index >= 15 is 0 Å². The molecule has 0 saturated heterocycles. The molecule has 0 nitrogen and oxygen atoms in total. The topological polar surface area (TPSA) is 0 Å². The SMILES string of the molecule is CC1=C2CC3(C)CCC4CC43C2CC1. The van der Waals surface area contributed by atoms with Crippen LogP contribution in [0.3, 0.4) is 0 Å². The van der Waals surface area contributed by atoms with E-state index in [1.165, 1.54) is 25.7 Å². The molecule has 0 amide bonds. The Morgan fingerprint density at radius 3 is 2.93 bits per heavy atom. The van der Waals surface area contributed by atoms with Gasteiger partial charge in [0, 0.05) is 0 Å². The second kappa shape index (κ2) is 1.99. The van der Waals surface area contributed by atoms with E-state index in [0.717, 1.165) is 22.7 Å². The summed E-state index contributed by atoms with van der Waals surface area (Å²) >= 11 is 0. The fourth-order valence-corrected chi connectivity index (χ4v) is 5.53. The maximum absolute atomic E-state index is 2.60. The number of rotatable bonds is 0. The molecule has 4 aliphatic rings. The van der Waals surface area contributed by atoms with Gasteiger partial charge in [-0.2, -0.15) is 0 Å². The van der Waals surface area contributed by atoms with Gasteiger partial charge in [-0.1, -0.05) is 18.1 Å². The third-order valence-electron chi connectivity index (χ3n) is 6.30. The van der Waals surface area contributed by atoms with E-state index in [-0.39, 0.29) is 0 Å². The van der Waals surface area contributed by atoms with E-state index in [2.05, 4.69) is 13.8 Å². The van der Waals surface area contributed by atoms with Crippen molar-refractivity contribution in [2.45, 2.75) is 52.4 Å². The van der Waals surface area contributed by atoms with Crippen LogP contribution in [0.25, 0.3) is 0 Å².